The van der Waals surface area contributed by atoms with Gasteiger partial charge >= 0.3 is 5.97 Å². The maximum Gasteiger partial charge on any atom is 0.306 e. The van der Waals surface area contributed by atoms with E-state index in [0.717, 1.165) is 11.1 Å². The Morgan fingerprint density at radius 3 is 2.36 bits per heavy atom. The number of rotatable bonds is 6. The molecule has 1 amide bonds. The molecule has 2 aromatic rings. The van der Waals surface area contributed by atoms with Gasteiger partial charge in [0.25, 0.3) is 0 Å². The number of aromatic nitrogens is 2. The molecule has 0 unspecified atom stereocenters. The second-order valence-corrected chi connectivity index (χ2v) is 6.46. The van der Waals surface area contributed by atoms with Crippen LogP contribution < -0.4 is 0 Å². The third kappa shape index (κ3) is 4.41. The zero-order chi connectivity index (χ0) is 17.6. The average Bonchev–Trinajstić information content (AvgIpc) is 3.13. The van der Waals surface area contributed by atoms with Crippen LogP contribution in [-0.4, -0.2) is 31.9 Å². The topological polar surface area (TPSA) is 83.4 Å². The minimum atomic E-state index is -0.803. The first-order chi connectivity index (χ1) is 12.1. The lowest BCUT2D eigenvalue weighted by Gasteiger charge is -2.26. The largest absolute Gasteiger partial charge is 0.481 e. The number of nitrogens with zero attached hydrogens (tertiary/aromatic N) is 3. The van der Waals surface area contributed by atoms with Crippen LogP contribution >= 0.6 is 0 Å². The number of pyridine rings is 2. The molecule has 1 aliphatic rings. The van der Waals surface area contributed by atoms with Crippen molar-refractivity contribution >= 4 is 11.9 Å². The minimum Gasteiger partial charge on any atom is -0.481 e. The third-order valence-electron chi connectivity index (χ3n) is 4.66. The average molecular weight is 339 g/mol. The zero-order valence-corrected chi connectivity index (χ0v) is 13.9. The molecule has 1 aliphatic carbocycles. The molecule has 1 N–H and O–H groups in total. The van der Waals surface area contributed by atoms with Gasteiger partial charge in [0.05, 0.1) is 5.92 Å². The first-order valence-corrected chi connectivity index (χ1v) is 8.43. The molecular weight excluding hydrogens is 318 g/mol. The second-order valence-electron chi connectivity index (χ2n) is 6.46. The Labute approximate surface area is 146 Å². The van der Waals surface area contributed by atoms with E-state index >= 15 is 0 Å². The number of hydrogen-bond donors (Lipinski definition) is 1. The molecule has 1 fully saturated rings. The van der Waals surface area contributed by atoms with Gasteiger partial charge in [0.15, 0.2) is 0 Å². The molecular formula is C19H21N3O3. The second kappa shape index (κ2) is 7.88. The molecule has 3 rings (SSSR count). The summed E-state index contributed by atoms with van der Waals surface area (Å²) in [5.41, 5.74) is 1.96. The Morgan fingerprint density at radius 2 is 1.72 bits per heavy atom. The normalized spacial score (nSPS) is 19.5. The van der Waals surface area contributed by atoms with E-state index in [-0.39, 0.29) is 11.8 Å². The summed E-state index contributed by atoms with van der Waals surface area (Å²) >= 11 is 0. The summed E-state index contributed by atoms with van der Waals surface area (Å²) in [5.74, 6) is -1.41. The minimum absolute atomic E-state index is 0.0180. The van der Waals surface area contributed by atoms with Crippen LogP contribution in [0.2, 0.25) is 0 Å². The SMILES string of the molecule is O=C(O)[C@@H]1CC[C@H](C(=O)N(Cc2ccncc2)Cc2cccnc2)C1. The first-order valence-electron chi connectivity index (χ1n) is 8.43. The van der Waals surface area contributed by atoms with Crippen LogP contribution in [0.1, 0.15) is 30.4 Å². The maximum atomic E-state index is 13.0. The monoisotopic (exact) mass is 339 g/mol. The van der Waals surface area contributed by atoms with Crippen molar-refractivity contribution in [3.05, 3.63) is 60.2 Å². The lowest BCUT2D eigenvalue weighted by Crippen LogP contribution is -2.34. The van der Waals surface area contributed by atoms with Crippen LogP contribution in [0.15, 0.2) is 49.1 Å². The van der Waals surface area contributed by atoms with E-state index in [1.807, 2.05) is 24.3 Å². The van der Waals surface area contributed by atoms with E-state index in [4.69, 9.17) is 0 Å². The number of carboxylic acid groups (broad SMARTS) is 1. The Balaban J connectivity index is 1.75. The van der Waals surface area contributed by atoms with Crippen molar-refractivity contribution in [2.45, 2.75) is 32.4 Å². The molecule has 1 saturated carbocycles. The Morgan fingerprint density at radius 1 is 1.00 bits per heavy atom. The molecule has 0 saturated heterocycles. The molecule has 0 aromatic carbocycles. The summed E-state index contributed by atoms with van der Waals surface area (Å²) in [7, 11) is 0. The molecule has 2 aromatic heterocycles. The number of carbonyl (C=O) groups is 2. The third-order valence-corrected chi connectivity index (χ3v) is 4.66. The highest BCUT2D eigenvalue weighted by Gasteiger charge is 2.35. The van der Waals surface area contributed by atoms with E-state index in [1.165, 1.54) is 0 Å². The number of hydrogen-bond acceptors (Lipinski definition) is 4. The van der Waals surface area contributed by atoms with Gasteiger partial charge in [-0.2, -0.15) is 0 Å². The molecule has 6 nitrogen and oxygen atoms in total. The summed E-state index contributed by atoms with van der Waals surface area (Å²) in [6, 6.07) is 7.56. The van der Waals surface area contributed by atoms with Crippen molar-refractivity contribution in [1.82, 2.24) is 14.9 Å². The molecule has 0 radical (unpaired) electrons. The van der Waals surface area contributed by atoms with Crippen molar-refractivity contribution in [2.24, 2.45) is 11.8 Å². The van der Waals surface area contributed by atoms with Crippen LogP contribution in [0.4, 0.5) is 0 Å². The number of aliphatic carboxylic acids is 1. The standard InChI is InChI=1S/C19H21N3O3/c23-18(16-3-4-17(10-16)19(24)25)22(12-14-5-8-20-9-6-14)13-15-2-1-7-21-11-15/h1-2,5-9,11,16-17H,3-4,10,12-13H2,(H,24,25)/t16-,17+/m0/s1. The van der Waals surface area contributed by atoms with Gasteiger partial charge in [-0.1, -0.05) is 6.07 Å². The molecule has 130 valence electrons. The van der Waals surface area contributed by atoms with Gasteiger partial charge in [0.2, 0.25) is 5.91 Å². The van der Waals surface area contributed by atoms with Crippen LogP contribution in [0.25, 0.3) is 0 Å². The fraction of sp³-hybridized carbons (Fsp3) is 0.368. The van der Waals surface area contributed by atoms with Crippen molar-refractivity contribution in [3.8, 4) is 0 Å². The fourth-order valence-corrected chi connectivity index (χ4v) is 3.32. The Bertz CT molecular complexity index is 680. The fourth-order valence-electron chi connectivity index (χ4n) is 3.32. The van der Waals surface area contributed by atoms with Gasteiger partial charge in [-0.3, -0.25) is 19.6 Å². The summed E-state index contributed by atoms with van der Waals surface area (Å²) in [5, 5.41) is 9.18. The highest BCUT2D eigenvalue weighted by Crippen LogP contribution is 2.33. The van der Waals surface area contributed by atoms with Gasteiger partial charge in [-0.05, 0) is 48.6 Å². The molecule has 0 aliphatic heterocycles. The molecule has 2 atom stereocenters. The van der Waals surface area contributed by atoms with Crippen molar-refractivity contribution < 1.29 is 14.7 Å². The van der Waals surface area contributed by atoms with Crippen LogP contribution in [0.3, 0.4) is 0 Å². The van der Waals surface area contributed by atoms with E-state index in [9.17, 15) is 14.7 Å². The maximum absolute atomic E-state index is 13.0. The smallest absolute Gasteiger partial charge is 0.306 e. The highest BCUT2D eigenvalue weighted by atomic mass is 16.4. The molecule has 2 heterocycles. The van der Waals surface area contributed by atoms with Crippen molar-refractivity contribution in [1.29, 1.82) is 0 Å². The predicted molar refractivity (Wildman–Crippen MR) is 91.2 cm³/mol. The summed E-state index contributed by atoms with van der Waals surface area (Å²) in [6.07, 6.45) is 8.50. The summed E-state index contributed by atoms with van der Waals surface area (Å²) in [6.45, 7) is 0.938. The lowest BCUT2D eigenvalue weighted by atomic mass is 10.0. The number of carbonyl (C=O) groups excluding carboxylic acids is 1. The van der Waals surface area contributed by atoms with Crippen LogP contribution in [-0.2, 0) is 22.7 Å². The predicted octanol–water partition coefficient (Wildman–Crippen LogP) is 2.51. The van der Waals surface area contributed by atoms with Gasteiger partial charge in [0, 0.05) is 43.8 Å². The Kier molecular flexibility index (Phi) is 5.38. The highest BCUT2D eigenvalue weighted by molar-refractivity contribution is 5.81. The summed E-state index contributed by atoms with van der Waals surface area (Å²) in [4.78, 5) is 34.1. The molecule has 6 heteroatoms. The Hall–Kier alpha value is -2.76. The summed E-state index contributed by atoms with van der Waals surface area (Å²) < 4.78 is 0. The van der Waals surface area contributed by atoms with Gasteiger partial charge in [-0.15, -0.1) is 0 Å². The number of carboxylic acids is 1. The lowest BCUT2D eigenvalue weighted by molar-refractivity contribution is -0.141. The van der Waals surface area contributed by atoms with E-state index < -0.39 is 11.9 Å². The molecule has 0 bridgehead atoms. The van der Waals surface area contributed by atoms with E-state index in [1.54, 1.807) is 29.7 Å². The van der Waals surface area contributed by atoms with Crippen molar-refractivity contribution in [2.75, 3.05) is 0 Å². The van der Waals surface area contributed by atoms with Gasteiger partial charge in [-0.25, -0.2) is 0 Å². The van der Waals surface area contributed by atoms with Crippen LogP contribution in [0.5, 0.6) is 0 Å². The van der Waals surface area contributed by atoms with E-state index in [0.29, 0.717) is 32.4 Å². The van der Waals surface area contributed by atoms with Gasteiger partial charge < -0.3 is 10.0 Å². The molecule has 25 heavy (non-hydrogen) atoms. The van der Waals surface area contributed by atoms with Crippen LogP contribution in [0, 0.1) is 11.8 Å². The van der Waals surface area contributed by atoms with Gasteiger partial charge in [0.1, 0.15) is 0 Å². The van der Waals surface area contributed by atoms with Crippen molar-refractivity contribution in [3.63, 3.8) is 0 Å². The van der Waals surface area contributed by atoms with E-state index in [2.05, 4.69) is 9.97 Å². The first kappa shape index (κ1) is 17.1. The number of amides is 1. The quantitative estimate of drug-likeness (QED) is 0.874. The zero-order valence-electron chi connectivity index (χ0n) is 13.9. The molecule has 0 spiro atoms.